The zero-order valence-corrected chi connectivity index (χ0v) is 16.3. The van der Waals surface area contributed by atoms with Crippen LogP contribution in [0, 0.1) is 0 Å². The molecule has 1 heterocycles. The molecule has 0 bridgehead atoms. The zero-order valence-electron chi connectivity index (χ0n) is 15.5. The van der Waals surface area contributed by atoms with Gasteiger partial charge in [-0.1, -0.05) is 54.1 Å². The fourth-order valence-electron chi connectivity index (χ4n) is 3.27. The number of carbonyl (C=O) groups is 2. The Morgan fingerprint density at radius 3 is 2.43 bits per heavy atom. The van der Waals surface area contributed by atoms with E-state index >= 15 is 0 Å². The Labute approximate surface area is 176 Å². The molecule has 0 unspecified atom stereocenters. The van der Waals surface area contributed by atoms with Gasteiger partial charge in [-0.25, -0.2) is 9.59 Å². The van der Waals surface area contributed by atoms with Gasteiger partial charge in [0, 0.05) is 22.2 Å². The van der Waals surface area contributed by atoms with E-state index in [2.05, 4.69) is 5.32 Å². The molecule has 3 aromatic carbocycles. The van der Waals surface area contributed by atoms with E-state index in [1.165, 1.54) is 6.07 Å². The van der Waals surface area contributed by atoms with Crippen molar-refractivity contribution in [2.24, 2.45) is 0 Å². The molecule has 0 aliphatic rings. The van der Waals surface area contributed by atoms with E-state index in [9.17, 15) is 19.5 Å². The highest BCUT2D eigenvalue weighted by atomic mass is 35.5. The first kappa shape index (κ1) is 19.4. The second-order valence-corrected chi connectivity index (χ2v) is 6.99. The van der Waals surface area contributed by atoms with Crippen molar-refractivity contribution in [3.05, 3.63) is 99.8 Å². The van der Waals surface area contributed by atoms with Crippen molar-refractivity contribution in [1.82, 2.24) is 4.57 Å². The maximum absolute atomic E-state index is 13.1. The molecule has 6 nitrogen and oxygen atoms in total. The van der Waals surface area contributed by atoms with Gasteiger partial charge in [0.25, 0.3) is 0 Å². The Hall–Kier alpha value is -3.90. The van der Waals surface area contributed by atoms with Gasteiger partial charge in [0.05, 0.1) is 11.2 Å². The second-order valence-electron chi connectivity index (χ2n) is 6.55. The number of carbonyl (C=O) groups excluding carboxylic acids is 1. The van der Waals surface area contributed by atoms with Gasteiger partial charge in [0.2, 0.25) is 5.43 Å². The number of benzene rings is 3. The fourth-order valence-corrected chi connectivity index (χ4v) is 3.46. The summed E-state index contributed by atoms with van der Waals surface area (Å²) >= 11 is 6.10. The van der Waals surface area contributed by atoms with Crippen LogP contribution in [0.25, 0.3) is 22.0 Å². The van der Waals surface area contributed by atoms with Gasteiger partial charge in [-0.15, -0.1) is 0 Å². The number of aromatic carboxylic acids is 1. The number of nitrogens with zero attached hydrogens (tertiary/aromatic N) is 1. The largest absolute Gasteiger partial charge is 0.477 e. The van der Waals surface area contributed by atoms with Gasteiger partial charge in [0.15, 0.2) is 0 Å². The normalized spacial score (nSPS) is 10.7. The molecule has 0 atom stereocenters. The number of anilines is 1. The molecule has 0 fully saturated rings. The first-order valence-electron chi connectivity index (χ1n) is 9.00. The van der Waals surface area contributed by atoms with Crippen LogP contribution in [0.5, 0.6) is 0 Å². The standard InChI is InChI=1S/C23H15ClN2O4/c24-15-7-5-6-14(12-15)16-8-1-3-10-19(16)25-23(30)26-13-18(22(28)29)21(27)17-9-2-4-11-20(17)26/h1-13H,(H,25,30)(H,28,29). The van der Waals surface area contributed by atoms with Crippen LogP contribution in [0.15, 0.2) is 83.8 Å². The number of hydrogen-bond donors (Lipinski definition) is 2. The molecule has 4 aromatic rings. The Morgan fingerprint density at radius 2 is 1.67 bits per heavy atom. The van der Waals surface area contributed by atoms with Gasteiger partial charge in [0.1, 0.15) is 5.56 Å². The monoisotopic (exact) mass is 418 g/mol. The Bertz CT molecular complexity index is 1360. The van der Waals surface area contributed by atoms with Crippen LogP contribution in [0.1, 0.15) is 10.4 Å². The van der Waals surface area contributed by atoms with Gasteiger partial charge < -0.3 is 10.4 Å². The lowest BCUT2D eigenvalue weighted by Crippen LogP contribution is -2.25. The van der Waals surface area contributed by atoms with Crippen LogP contribution < -0.4 is 10.7 Å². The van der Waals surface area contributed by atoms with Gasteiger partial charge >= 0.3 is 12.0 Å². The van der Waals surface area contributed by atoms with E-state index in [1.807, 2.05) is 24.3 Å². The van der Waals surface area contributed by atoms with Crippen molar-refractivity contribution in [3.63, 3.8) is 0 Å². The molecule has 30 heavy (non-hydrogen) atoms. The zero-order chi connectivity index (χ0) is 21.3. The Morgan fingerprint density at radius 1 is 0.933 bits per heavy atom. The molecule has 0 aliphatic heterocycles. The first-order chi connectivity index (χ1) is 14.5. The van der Waals surface area contributed by atoms with Crippen molar-refractivity contribution in [3.8, 4) is 11.1 Å². The summed E-state index contributed by atoms with van der Waals surface area (Å²) in [6.07, 6.45) is 1.05. The maximum Gasteiger partial charge on any atom is 0.341 e. The number of amides is 1. The highest BCUT2D eigenvalue weighted by Crippen LogP contribution is 2.29. The number of hydrogen-bond acceptors (Lipinski definition) is 3. The first-order valence-corrected chi connectivity index (χ1v) is 9.37. The average Bonchev–Trinajstić information content (AvgIpc) is 2.74. The molecule has 7 heteroatoms. The van der Waals surface area contributed by atoms with Crippen molar-refractivity contribution in [2.45, 2.75) is 0 Å². The lowest BCUT2D eigenvalue weighted by Gasteiger charge is -2.15. The number of para-hydroxylation sites is 2. The second kappa shape index (κ2) is 7.85. The van der Waals surface area contributed by atoms with E-state index in [-0.39, 0.29) is 5.39 Å². The quantitative estimate of drug-likeness (QED) is 0.484. The number of rotatable bonds is 3. The van der Waals surface area contributed by atoms with Gasteiger partial charge in [-0.2, -0.15) is 0 Å². The van der Waals surface area contributed by atoms with E-state index in [0.29, 0.717) is 16.2 Å². The Balaban J connectivity index is 1.82. The summed E-state index contributed by atoms with van der Waals surface area (Å²) in [6.45, 7) is 0. The van der Waals surface area contributed by atoms with Crippen molar-refractivity contribution in [2.75, 3.05) is 5.32 Å². The maximum atomic E-state index is 13.1. The third-order valence-corrected chi connectivity index (χ3v) is 4.90. The number of carboxylic acid groups (broad SMARTS) is 1. The van der Waals surface area contributed by atoms with Crippen LogP contribution >= 0.6 is 11.6 Å². The average molecular weight is 419 g/mol. The van der Waals surface area contributed by atoms with Crippen molar-refractivity contribution in [1.29, 1.82) is 0 Å². The molecule has 0 spiro atoms. The van der Waals surface area contributed by atoms with Crippen LogP contribution in [-0.2, 0) is 0 Å². The van der Waals surface area contributed by atoms with Gasteiger partial charge in [-0.05, 0) is 35.9 Å². The minimum atomic E-state index is -1.40. The molecule has 4 rings (SSSR count). The highest BCUT2D eigenvalue weighted by Gasteiger charge is 2.18. The molecule has 0 saturated carbocycles. The molecule has 0 radical (unpaired) electrons. The number of carboxylic acids is 1. The molecular weight excluding hydrogens is 404 g/mol. The highest BCUT2D eigenvalue weighted by molar-refractivity contribution is 6.30. The van der Waals surface area contributed by atoms with E-state index in [4.69, 9.17) is 11.6 Å². The summed E-state index contributed by atoms with van der Waals surface area (Å²) in [4.78, 5) is 37.0. The summed E-state index contributed by atoms with van der Waals surface area (Å²) in [6, 6.07) is 20.2. The number of fused-ring (bicyclic) bond motifs is 1. The molecule has 1 aromatic heterocycles. The molecule has 148 valence electrons. The predicted octanol–water partition coefficient (Wildman–Crippen LogP) is 5.10. The third-order valence-electron chi connectivity index (χ3n) is 4.66. The molecular formula is C23H15ClN2O4. The third kappa shape index (κ3) is 3.56. The van der Waals surface area contributed by atoms with Crippen LogP contribution in [0.2, 0.25) is 5.02 Å². The summed E-state index contributed by atoms with van der Waals surface area (Å²) in [5.41, 5.74) is 1.27. The van der Waals surface area contributed by atoms with Crippen LogP contribution in [-0.4, -0.2) is 21.7 Å². The molecule has 0 aliphatic carbocycles. The summed E-state index contributed by atoms with van der Waals surface area (Å²) in [5, 5.41) is 12.9. The summed E-state index contributed by atoms with van der Waals surface area (Å²) < 4.78 is 1.13. The SMILES string of the molecule is O=C(O)c1cn(C(=O)Nc2ccccc2-c2cccc(Cl)c2)c2ccccc2c1=O. The minimum Gasteiger partial charge on any atom is -0.477 e. The smallest absolute Gasteiger partial charge is 0.341 e. The Kier molecular flexibility index (Phi) is 5.08. The van der Waals surface area contributed by atoms with E-state index in [0.717, 1.165) is 21.9 Å². The lowest BCUT2D eigenvalue weighted by molar-refractivity contribution is 0.0695. The fraction of sp³-hybridized carbons (Fsp3) is 0. The van der Waals surface area contributed by atoms with E-state index < -0.39 is 23.0 Å². The van der Waals surface area contributed by atoms with Crippen molar-refractivity contribution >= 4 is 40.2 Å². The topological polar surface area (TPSA) is 88.4 Å². The molecule has 1 amide bonds. The number of nitrogens with one attached hydrogen (secondary N) is 1. The minimum absolute atomic E-state index is 0.149. The summed E-state index contributed by atoms with van der Waals surface area (Å²) in [7, 11) is 0. The van der Waals surface area contributed by atoms with Gasteiger partial charge in [-0.3, -0.25) is 9.36 Å². The molecule has 2 N–H and O–H groups in total. The van der Waals surface area contributed by atoms with Crippen molar-refractivity contribution < 1.29 is 14.7 Å². The lowest BCUT2D eigenvalue weighted by atomic mass is 10.0. The number of aromatic nitrogens is 1. The van der Waals surface area contributed by atoms with Crippen LogP contribution in [0.3, 0.4) is 0 Å². The number of halogens is 1. The predicted molar refractivity (Wildman–Crippen MR) is 116 cm³/mol. The van der Waals surface area contributed by atoms with Crippen LogP contribution in [0.4, 0.5) is 10.5 Å². The number of pyridine rings is 1. The summed E-state index contributed by atoms with van der Waals surface area (Å²) in [5.74, 6) is -1.40. The van der Waals surface area contributed by atoms with E-state index in [1.54, 1.807) is 42.5 Å². The molecule has 0 saturated heterocycles.